The second-order valence-electron chi connectivity index (χ2n) is 4.81. The first-order valence-electron chi connectivity index (χ1n) is 6.54. The van der Waals surface area contributed by atoms with Crippen LogP contribution in [-0.4, -0.2) is 16.5 Å². The molecular weight excluding hydrogens is 279 g/mol. The van der Waals surface area contributed by atoms with Crippen molar-refractivity contribution < 1.29 is 13.2 Å². The average molecular weight is 295 g/mol. The van der Waals surface area contributed by atoms with E-state index in [0.29, 0.717) is 24.4 Å². The van der Waals surface area contributed by atoms with Crippen molar-refractivity contribution in [2.75, 3.05) is 6.54 Å². The standard InChI is InChI=1S/C15H16F3N3/c1-9-13(6-7-19)10(2)21-14(20-9)11-4-3-5-12(8-11)15(16,17)18/h3-5,8H,6-7,19H2,1-2H3. The molecule has 0 atom stereocenters. The molecule has 2 aromatic rings. The normalized spacial score (nSPS) is 11.7. The lowest BCUT2D eigenvalue weighted by Crippen LogP contribution is -2.09. The minimum absolute atomic E-state index is 0.303. The molecular formula is C15H16F3N3. The Balaban J connectivity index is 2.48. The van der Waals surface area contributed by atoms with Gasteiger partial charge in [0, 0.05) is 17.0 Å². The van der Waals surface area contributed by atoms with E-state index in [1.165, 1.54) is 6.07 Å². The van der Waals surface area contributed by atoms with Crippen molar-refractivity contribution in [3.8, 4) is 11.4 Å². The van der Waals surface area contributed by atoms with Crippen molar-refractivity contribution in [1.29, 1.82) is 0 Å². The van der Waals surface area contributed by atoms with E-state index in [9.17, 15) is 13.2 Å². The minimum atomic E-state index is -4.38. The van der Waals surface area contributed by atoms with Crippen molar-refractivity contribution in [2.24, 2.45) is 5.73 Å². The molecule has 0 aliphatic heterocycles. The molecule has 0 aliphatic rings. The smallest absolute Gasteiger partial charge is 0.330 e. The van der Waals surface area contributed by atoms with E-state index in [1.807, 2.05) is 13.8 Å². The molecule has 0 unspecified atom stereocenters. The molecule has 21 heavy (non-hydrogen) atoms. The first kappa shape index (κ1) is 15.4. The quantitative estimate of drug-likeness (QED) is 0.945. The van der Waals surface area contributed by atoms with Gasteiger partial charge in [-0.2, -0.15) is 13.2 Å². The van der Waals surface area contributed by atoms with Crippen LogP contribution < -0.4 is 5.73 Å². The van der Waals surface area contributed by atoms with Crippen LogP contribution in [0.4, 0.5) is 13.2 Å². The van der Waals surface area contributed by atoms with E-state index in [2.05, 4.69) is 9.97 Å². The fourth-order valence-electron chi connectivity index (χ4n) is 2.21. The zero-order valence-corrected chi connectivity index (χ0v) is 11.8. The number of nitrogens with zero attached hydrogens (tertiary/aromatic N) is 2. The topological polar surface area (TPSA) is 51.8 Å². The highest BCUT2D eigenvalue weighted by Crippen LogP contribution is 2.31. The Hall–Kier alpha value is -1.95. The van der Waals surface area contributed by atoms with Gasteiger partial charge in [-0.05, 0) is 44.5 Å². The fraction of sp³-hybridized carbons (Fsp3) is 0.333. The lowest BCUT2D eigenvalue weighted by Gasteiger charge is -2.11. The summed E-state index contributed by atoms with van der Waals surface area (Å²) in [6.07, 6.45) is -3.72. The Morgan fingerprint density at radius 1 is 1.10 bits per heavy atom. The molecule has 2 N–H and O–H groups in total. The highest BCUT2D eigenvalue weighted by atomic mass is 19.4. The van der Waals surface area contributed by atoms with E-state index in [4.69, 9.17) is 5.73 Å². The molecule has 0 saturated heterocycles. The molecule has 1 aromatic heterocycles. The van der Waals surface area contributed by atoms with Crippen LogP contribution in [0.3, 0.4) is 0 Å². The zero-order chi connectivity index (χ0) is 15.6. The Labute approximate surface area is 121 Å². The lowest BCUT2D eigenvalue weighted by molar-refractivity contribution is -0.137. The Kier molecular flexibility index (Phi) is 4.27. The highest BCUT2D eigenvalue weighted by molar-refractivity contribution is 5.57. The van der Waals surface area contributed by atoms with E-state index < -0.39 is 11.7 Å². The van der Waals surface area contributed by atoms with Gasteiger partial charge in [0.15, 0.2) is 5.82 Å². The SMILES string of the molecule is Cc1nc(-c2cccc(C(F)(F)F)c2)nc(C)c1CCN. The van der Waals surface area contributed by atoms with Crippen molar-refractivity contribution in [1.82, 2.24) is 9.97 Å². The Bertz CT molecular complexity index is 628. The maximum Gasteiger partial charge on any atom is 0.416 e. The van der Waals surface area contributed by atoms with Gasteiger partial charge in [0.25, 0.3) is 0 Å². The molecule has 0 amide bonds. The summed E-state index contributed by atoms with van der Waals surface area (Å²) in [7, 11) is 0. The first-order chi connectivity index (χ1) is 9.82. The summed E-state index contributed by atoms with van der Waals surface area (Å²) in [6.45, 7) is 4.11. The number of aryl methyl sites for hydroxylation is 2. The molecule has 0 radical (unpaired) electrons. The summed E-state index contributed by atoms with van der Waals surface area (Å²) in [5.74, 6) is 0.303. The van der Waals surface area contributed by atoms with Gasteiger partial charge < -0.3 is 5.73 Å². The summed E-state index contributed by atoms with van der Waals surface area (Å²) < 4.78 is 38.3. The predicted molar refractivity (Wildman–Crippen MR) is 74.7 cm³/mol. The van der Waals surface area contributed by atoms with E-state index in [-0.39, 0.29) is 0 Å². The summed E-state index contributed by atoms with van der Waals surface area (Å²) in [5, 5.41) is 0. The maximum absolute atomic E-state index is 12.8. The highest BCUT2D eigenvalue weighted by Gasteiger charge is 2.30. The number of nitrogens with two attached hydrogens (primary N) is 1. The fourth-order valence-corrected chi connectivity index (χ4v) is 2.21. The molecule has 0 spiro atoms. The molecule has 0 fully saturated rings. The van der Waals surface area contributed by atoms with Crippen LogP contribution in [0.15, 0.2) is 24.3 Å². The number of benzene rings is 1. The second-order valence-corrected chi connectivity index (χ2v) is 4.81. The van der Waals surface area contributed by atoms with Gasteiger partial charge in [0.1, 0.15) is 0 Å². The van der Waals surface area contributed by atoms with E-state index >= 15 is 0 Å². The number of halogens is 3. The monoisotopic (exact) mass is 295 g/mol. The molecule has 6 heteroatoms. The number of hydrogen-bond acceptors (Lipinski definition) is 3. The van der Waals surface area contributed by atoms with Crippen LogP contribution in [0.25, 0.3) is 11.4 Å². The Morgan fingerprint density at radius 3 is 2.24 bits per heavy atom. The summed E-state index contributed by atoms with van der Waals surface area (Å²) in [5.41, 5.74) is 7.64. The summed E-state index contributed by atoms with van der Waals surface area (Å²) >= 11 is 0. The van der Waals surface area contributed by atoms with Crippen LogP contribution in [0.1, 0.15) is 22.5 Å². The van der Waals surface area contributed by atoms with Gasteiger partial charge in [-0.25, -0.2) is 9.97 Å². The lowest BCUT2D eigenvalue weighted by atomic mass is 10.1. The third-order valence-corrected chi connectivity index (χ3v) is 3.26. The summed E-state index contributed by atoms with van der Waals surface area (Å²) in [4.78, 5) is 8.62. The average Bonchev–Trinajstić information content (AvgIpc) is 2.42. The molecule has 2 rings (SSSR count). The maximum atomic E-state index is 12.8. The van der Waals surface area contributed by atoms with Gasteiger partial charge in [-0.15, -0.1) is 0 Å². The van der Waals surface area contributed by atoms with Gasteiger partial charge in [-0.3, -0.25) is 0 Å². The zero-order valence-electron chi connectivity index (χ0n) is 11.8. The van der Waals surface area contributed by atoms with E-state index in [0.717, 1.165) is 29.1 Å². The van der Waals surface area contributed by atoms with Gasteiger partial charge >= 0.3 is 6.18 Å². The van der Waals surface area contributed by atoms with Gasteiger partial charge in [0.05, 0.1) is 5.56 Å². The number of hydrogen-bond donors (Lipinski definition) is 1. The second kappa shape index (κ2) is 5.81. The molecule has 0 saturated carbocycles. The van der Waals surface area contributed by atoms with Crippen molar-refractivity contribution in [2.45, 2.75) is 26.4 Å². The minimum Gasteiger partial charge on any atom is -0.330 e. The predicted octanol–water partition coefficient (Wildman–Crippen LogP) is 3.28. The molecule has 1 aromatic carbocycles. The number of aromatic nitrogens is 2. The van der Waals surface area contributed by atoms with Crippen molar-refractivity contribution in [3.05, 3.63) is 46.8 Å². The van der Waals surface area contributed by atoms with Crippen LogP contribution in [-0.2, 0) is 12.6 Å². The largest absolute Gasteiger partial charge is 0.416 e. The molecule has 0 aliphatic carbocycles. The third kappa shape index (κ3) is 3.39. The van der Waals surface area contributed by atoms with E-state index in [1.54, 1.807) is 6.07 Å². The van der Waals surface area contributed by atoms with Crippen LogP contribution in [0, 0.1) is 13.8 Å². The molecule has 3 nitrogen and oxygen atoms in total. The number of alkyl halides is 3. The molecule has 1 heterocycles. The molecule has 0 bridgehead atoms. The number of rotatable bonds is 3. The van der Waals surface area contributed by atoms with Gasteiger partial charge in [0.2, 0.25) is 0 Å². The van der Waals surface area contributed by atoms with Crippen LogP contribution >= 0.6 is 0 Å². The van der Waals surface area contributed by atoms with Gasteiger partial charge in [-0.1, -0.05) is 12.1 Å². The molecule has 112 valence electrons. The van der Waals surface area contributed by atoms with Crippen molar-refractivity contribution in [3.63, 3.8) is 0 Å². The van der Waals surface area contributed by atoms with Crippen LogP contribution in [0.5, 0.6) is 0 Å². The third-order valence-electron chi connectivity index (χ3n) is 3.26. The van der Waals surface area contributed by atoms with Crippen LogP contribution in [0.2, 0.25) is 0 Å². The first-order valence-corrected chi connectivity index (χ1v) is 6.54. The summed E-state index contributed by atoms with van der Waals surface area (Å²) in [6, 6.07) is 5.04. The van der Waals surface area contributed by atoms with Crippen molar-refractivity contribution >= 4 is 0 Å². The Morgan fingerprint density at radius 2 is 1.71 bits per heavy atom.